The molecule has 1 N–H and O–H groups in total. The maximum atomic E-state index is 4.46. The van der Waals surface area contributed by atoms with Gasteiger partial charge in [0.1, 0.15) is 5.82 Å². The number of rotatable bonds is 7. The normalized spacial score (nSPS) is 11.0. The molecule has 2 aromatic heterocycles. The van der Waals surface area contributed by atoms with Crippen LogP contribution < -0.4 is 10.2 Å². The van der Waals surface area contributed by atoms with Gasteiger partial charge in [0.25, 0.3) is 0 Å². The minimum atomic E-state index is 0.645. The number of hydrogen-bond donors (Lipinski definition) is 1. The van der Waals surface area contributed by atoms with Gasteiger partial charge in [0.2, 0.25) is 0 Å². The molecule has 0 amide bonds. The highest BCUT2D eigenvalue weighted by atomic mass is 32.1. The fraction of sp³-hybridized carbons (Fsp3) is 0.500. The van der Waals surface area contributed by atoms with E-state index >= 15 is 0 Å². The van der Waals surface area contributed by atoms with Crippen molar-refractivity contribution in [1.82, 2.24) is 20.3 Å². The van der Waals surface area contributed by atoms with E-state index in [1.807, 2.05) is 35.2 Å². The Bertz CT molecular complexity index is 495. The van der Waals surface area contributed by atoms with E-state index < -0.39 is 0 Å². The van der Waals surface area contributed by atoms with E-state index in [2.05, 4.69) is 34.1 Å². The van der Waals surface area contributed by atoms with Crippen LogP contribution in [0.15, 0.2) is 23.3 Å². The summed E-state index contributed by atoms with van der Waals surface area (Å²) >= 11 is 1.61. The van der Waals surface area contributed by atoms with Crippen molar-refractivity contribution >= 4 is 17.2 Å². The number of anilines is 1. The van der Waals surface area contributed by atoms with Crippen molar-refractivity contribution in [2.75, 3.05) is 18.5 Å². The SMILES string of the molecule is CC(C)CNCc1cnc(N(C)Cc2cscn2)cn1. The molecule has 5 nitrogen and oxygen atoms in total. The second-order valence-corrected chi connectivity index (χ2v) is 5.95. The Kier molecular flexibility index (Phi) is 5.43. The molecule has 2 rings (SSSR count). The van der Waals surface area contributed by atoms with E-state index in [-0.39, 0.29) is 0 Å². The first kappa shape index (κ1) is 14.9. The first-order valence-electron chi connectivity index (χ1n) is 6.75. The van der Waals surface area contributed by atoms with Crippen LogP contribution in [0.2, 0.25) is 0 Å². The van der Waals surface area contributed by atoms with E-state index in [9.17, 15) is 0 Å². The summed E-state index contributed by atoms with van der Waals surface area (Å²) in [5, 5.41) is 5.41. The summed E-state index contributed by atoms with van der Waals surface area (Å²) in [5.74, 6) is 1.51. The minimum absolute atomic E-state index is 0.645. The predicted molar refractivity (Wildman–Crippen MR) is 82.8 cm³/mol. The molecule has 6 heteroatoms. The monoisotopic (exact) mass is 291 g/mol. The van der Waals surface area contributed by atoms with Crippen molar-refractivity contribution in [3.05, 3.63) is 34.7 Å². The van der Waals surface area contributed by atoms with Crippen LogP contribution in [0.1, 0.15) is 25.2 Å². The van der Waals surface area contributed by atoms with Crippen molar-refractivity contribution in [3.63, 3.8) is 0 Å². The summed E-state index contributed by atoms with van der Waals surface area (Å²) < 4.78 is 0. The largest absolute Gasteiger partial charge is 0.352 e. The van der Waals surface area contributed by atoms with E-state index in [0.29, 0.717) is 5.92 Å². The molecule has 0 spiro atoms. The Hall–Kier alpha value is -1.53. The Balaban J connectivity index is 1.87. The van der Waals surface area contributed by atoms with Gasteiger partial charge in [-0.05, 0) is 12.5 Å². The van der Waals surface area contributed by atoms with Gasteiger partial charge in [-0.3, -0.25) is 4.98 Å². The van der Waals surface area contributed by atoms with Gasteiger partial charge in [0, 0.05) is 19.0 Å². The van der Waals surface area contributed by atoms with Gasteiger partial charge in [-0.1, -0.05) is 13.8 Å². The van der Waals surface area contributed by atoms with Crippen molar-refractivity contribution < 1.29 is 0 Å². The van der Waals surface area contributed by atoms with E-state index in [4.69, 9.17) is 0 Å². The van der Waals surface area contributed by atoms with Crippen molar-refractivity contribution in [3.8, 4) is 0 Å². The van der Waals surface area contributed by atoms with Gasteiger partial charge in [-0.15, -0.1) is 11.3 Å². The third-order valence-corrected chi connectivity index (χ3v) is 3.46. The molecule has 108 valence electrons. The molecule has 20 heavy (non-hydrogen) atoms. The minimum Gasteiger partial charge on any atom is -0.352 e. The zero-order chi connectivity index (χ0) is 14.4. The van der Waals surface area contributed by atoms with Crippen LogP contribution in [0, 0.1) is 5.92 Å². The lowest BCUT2D eigenvalue weighted by Crippen LogP contribution is -2.21. The lowest BCUT2D eigenvalue weighted by molar-refractivity contribution is 0.547. The van der Waals surface area contributed by atoms with Crippen molar-refractivity contribution in [2.24, 2.45) is 5.92 Å². The fourth-order valence-electron chi connectivity index (χ4n) is 1.76. The molecule has 0 unspecified atom stereocenters. The van der Waals surface area contributed by atoms with Gasteiger partial charge in [0.15, 0.2) is 0 Å². The number of nitrogens with zero attached hydrogens (tertiary/aromatic N) is 4. The van der Waals surface area contributed by atoms with Gasteiger partial charge in [-0.2, -0.15) is 0 Å². The molecule has 0 aromatic carbocycles. The molecular formula is C14H21N5S. The van der Waals surface area contributed by atoms with Gasteiger partial charge in [0.05, 0.1) is 35.8 Å². The maximum Gasteiger partial charge on any atom is 0.147 e. The zero-order valence-electron chi connectivity index (χ0n) is 12.2. The third kappa shape index (κ3) is 4.54. The number of aromatic nitrogens is 3. The Morgan fingerprint density at radius 1 is 1.20 bits per heavy atom. The number of thiazole rings is 1. The van der Waals surface area contributed by atoms with E-state index in [1.54, 1.807) is 11.3 Å². The second-order valence-electron chi connectivity index (χ2n) is 5.23. The summed E-state index contributed by atoms with van der Waals surface area (Å²) in [6.07, 6.45) is 3.65. The van der Waals surface area contributed by atoms with Crippen LogP contribution >= 0.6 is 11.3 Å². The molecule has 0 radical (unpaired) electrons. The van der Waals surface area contributed by atoms with E-state index in [1.165, 1.54) is 0 Å². The highest BCUT2D eigenvalue weighted by Crippen LogP contribution is 2.11. The Morgan fingerprint density at radius 3 is 2.65 bits per heavy atom. The summed E-state index contributed by atoms with van der Waals surface area (Å²) in [7, 11) is 2.00. The summed E-state index contributed by atoms with van der Waals surface area (Å²) in [4.78, 5) is 15.2. The van der Waals surface area contributed by atoms with Crippen LogP contribution in [0.5, 0.6) is 0 Å². The standard InChI is InChI=1S/C14H21N5S/c1-11(2)4-15-5-12-6-17-14(7-16-12)19(3)8-13-9-20-10-18-13/h6-7,9-11,15H,4-5,8H2,1-3H3. The molecule has 0 aliphatic heterocycles. The summed E-state index contributed by atoms with van der Waals surface area (Å²) in [6.45, 7) is 6.89. The van der Waals surface area contributed by atoms with Gasteiger partial charge in [-0.25, -0.2) is 9.97 Å². The van der Waals surface area contributed by atoms with Gasteiger partial charge < -0.3 is 10.2 Å². The summed E-state index contributed by atoms with van der Waals surface area (Å²) in [6, 6.07) is 0. The maximum absolute atomic E-state index is 4.46. The average molecular weight is 291 g/mol. The van der Waals surface area contributed by atoms with Crippen LogP contribution in [0.3, 0.4) is 0 Å². The molecule has 0 saturated carbocycles. The molecule has 0 aliphatic carbocycles. The lowest BCUT2D eigenvalue weighted by atomic mass is 10.2. The first-order valence-corrected chi connectivity index (χ1v) is 7.69. The second kappa shape index (κ2) is 7.31. The third-order valence-electron chi connectivity index (χ3n) is 2.82. The van der Waals surface area contributed by atoms with Gasteiger partial charge >= 0.3 is 0 Å². The first-order chi connectivity index (χ1) is 9.65. The molecule has 2 aromatic rings. The Morgan fingerprint density at radius 2 is 2.05 bits per heavy atom. The average Bonchev–Trinajstić information content (AvgIpc) is 2.92. The number of hydrogen-bond acceptors (Lipinski definition) is 6. The molecule has 0 atom stereocenters. The molecular weight excluding hydrogens is 270 g/mol. The highest BCUT2D eigenvalue weighted by molar-refractivity contribution is 7.07. The van der Waals surface area contributed by atoms with Crippen molar-refractivity contribution in [1.29, 1.82) is 0 Å². The molecule has 0 fully saturated rings. The Labute approximate surface area is 124 Å². The van der Waals surface area contributed by atoms with E-state index in [0.717, 1.165) is 36.8 Å². The van der Waals surface area contributed by atoms with Crippen LogP contribution in [0.25, 0.3) is 0 Å². The lowest BCUT2D eigenvalue weighted by Gasteiger charge is -2.16. The molecule has 0 aliphatic rings. The fourth-order valence-corrected chi connectivity index (χ4v) is 2.31. The number of nitrogens with one attached hydrogen (secondary N) is 1. The smallest absolute Gasteiger partial charge is 0.147 e. The predicted octanol–water partition coefficient (Wildman–Crippen LogP) is 2.32. The summed E-state index contributed by atoms with van der Waals surface area (Å²) in [5.41, 5.74) is 3.87. The topological polar surface area (TPSA) is 53.9 Å². The highest BCUT2D eigenvalue weighted by Gasteiger charge is 2.06. The zero-order valence-corrected chi connectivity index (χ0v) is 13.0. The van der Waals surface area contributed by atoms with Crippen LogP contribution in [0.4, 0.5) is 5.82 Å². The van der Waals surface area contributed by atoms with Crippen molar-refractivity contribution in [2.45, 2.75) is 26.9 Å². The van der Waals surface area contributed by atoms with Crippen LogP contribution in [-0.2, 0) is 13.1 Å². The van der Waals surface area contributed by atoms with Crippen LogP contribution in [-0.4, -0.2) is 28.5 Å². The molecule has 0 saturated heterocycles. The quantitative estimate of drug-likeness (QED) is 0.848. The molecule has 2 heterocycles. The molecule has 0 bridgehead atoms.